The zero-order valence-electron chi connectivity index (χ0n) is 7.93. The molecule has 15 heavy (non-hydrogen) atoms. The lowest BCUT2D eigenvalue weighted by atomic mass is 10.2. The highest BCUT2D eigenvalue weighted by Gasteiger charge is 2.23. The van der Waals surface area contributed by atoms with E-state index in [9.17, 15) is 9.59 Å². The Labute approximate surface area is 86.3 Å². The highest BCUT2D eigenvalue weighted by molar-refractivity contribution is 6.04. The molecule has 0 spiro atoms. The fourth-order valence-electron chi connectivity index (χ4n) is 1.43. The van der Waals surface area contributed by atoms with Gasteiger partial charge in [-0.1, -0.05) is 0 Å². The van der Waals surface area contributed by atoms with Gasteiger partial charge in [-0.15, -0.1) is 0 Å². The Kier molecular flexibility index (Phi) is 2.29. The summed E-state index contributed by atoms with van der Waals surface area (Å²) in [6.07, 6.45) is 0. The van der Waals surface area contributed by atoms with Crippen LogP contribution in [0.4, 0.5) is 5.69 Å². The van der Waals surface area contributed by atoms with Crippen molar-refractivity contribution >= 4 is 17.5 Å². The molecule has 2 N–H and O–H groups in total. The van der Waals surface area contributed by atoms with Crippen LogP contribution in [0.2, 0.25) is 0 Å². The lowest BCUT2D eigenvalue weighted by Gasteiger charge is -2.26. The van der Waals surface area contributed by atoms with E-state index in [1.165, 1.54) is 17.0 Å². The fourth-order valence-corrected chi connectivity index (χ4v) is 1.43. The van der Waals surface area contributed by atoms with Crippen LogP contribution in [0.15, 0.2) is 24.3 Å². The molecule has 1 aliphatic rings. The molecule has 0 atom stereocenters. The largest absolute Gasteiger partial charge is 0.508 e. The smallest absolute Gasteiger partial charge is 0.246 e. The van der Waals surface area contributed by atoms with Gasteiger partial charge in [0.15, 0.2) is 0 Å². The molecule has 2 amide bonds. The first-order valence-corrected chi connectivity index (χ1v) is 4.53. The van der Waals surface area contributed by atoms with E-state index in [1.54, 1.807) is 12.1 Å². The maximum atomic E-state index is 11.5. The van der Waals surface area contributed by atoms with E-state index in [0.717, 1.165) is 0 Å². The molecule has 2 rings (SSSR count). The van der Waals surface area contributed by atoms with E-state index in [1.807, 2.05) is 0 Å². The predicted molar refractivity (Wildman–Crippen MR) is 53.5 cm³/mol. The number of piperazine rings is 1. The summed E-state index contributed by atoms with van der Waals surface area (Å²) in [7, 11) is 0. The molecule has 0 unspecified atom stereocenters. The van der Waals surface area contributed by atoms with Crippen LogP contribution in [0.5, 0.6) is 5.75 Å². The molecule has 78 valence electrons. The van der Waals surface area contributed by atoms with Crippen molar-refractivity contribution in [3.8, 4) is 5.75 Å². The molecule has 0 radical (unpaired) electrons. The van der Waals surface area contributed by atoms with Crippen molar-refractivity contribution in [2.75, 3.05) is 18.0 Å². The SMILES string of the molecule is O=C1CN(c2ccc(O)cc2)C(=O)CN1. The summed E-state index contributed by atoms with van der Waals surface area (Å²) in [5, 5.41) is 11.6. The van der Waals surface area contributed by atoms with Gasteiger partial charge in [-0.05, 0) is 24.3 Å². The lowest BCUT2D eigenvalue weighted by Crippen LogP contribution is -2.51. The number of anilines is 1. The zero-order valence-corrected chi connectivity index (χ0v) is 7.93. The second-order valence-corrected chi connectivity index (χ2v) is 3.27. The van der Waals surface area contributed by atoms with Gasteiger partial charge in [0, 0.05) is 5.69 Å². The summed E-state index contributed by atoms with van der Waals surface area (Å²) in [5.41, 5.74) is 0.618. The molecular formula is C10H10N2O3. The number of nitrogens with one attached hydrogen (secondary N) is 1. The van der Waals surface area contributed by atoms with Crippen LogP contribution in [0.1, 0.15) is 0 Å². The van der Waals surface area contributed by atoms with Crippen LogP contribution in [0.25, 0.3) is 0 Å². The van der Waals surface area contributed by atoms with E-state index in [0.29, 0.717) is 5.69 Å². The Morgan fingerprint density at radius 1 is 1.20 bits per heavy atom. The number of hydrogen-bond acceptors (Lipinski definition) is 3. The molecule has 1 aliphatic heterocycles. The van der Waals surface area contributed by atoms with Crippen LogP contribution in [0, 0.1) is 0 Å². The fraction of sp³-hybridized carbons (Fsp3) is 0.200. The van der Waals surface area contributed by atoms with E-state index in [-0.39, 0.29) is 30.7 Å². The average Bonchev–Trinajstić information content (AvgIpc) is 2.23. The second-order valence-electron chi connectivity index (χ2n) is 3.27. The third-order valence-corrected chi connectivity index (χ3v) is 2.20. The van der Waals surface area contributed by atoms with Crippen molar-refractivity contribution in [3.05, 3.63) is 24.3 Å². The molecule has 1 fully saturated rings. The van der Waals surface area contributed by atoms with Gasteiger partial charge in [0.2, 0.25) is 11.8 Å². The highest BCUT2D eigenvalue weighted by Crippen LogP contribution is 2.19. The molecule has 5 nitrogen and oxygen atoms in total. The molecule has 1 aromatic carbocycles. The number of phenolic OH excluding ortho intramolecular Hbond substituents is 1. The standard InChI is InChI=1S/C10H10N2O3/c13-8-3-1-7(2-4-8)12-6-9(14)11-5-10(12)15/h1-4,13H,5-6H2,(H,11,14). The number of carbonyl (C=O) groups excluding carboxylic acids is 2. The van der Waals surface area contributed by atoms with Gasteiger partial charge in [-0.25, -0.2) is 0 Å². The van der Waals surface area contributed by atoms with Gasteiger partial charge < -0.3 is 15.3 Å². The summed E-state index contributed by atoms with van der Waals surface area (Å²) >= 11 is 0. The van der Waals surface area contributed by atoms with Crippen molar-refractivity contribution in [2.24, 2.45) is 0 Å². The van der Waals surface area contributed by atoms with Crippen molar-refractivity contribution in [2.45, 2.75) is 0 Å². The minimum Gasteiger partial charge on any atom is -0.508 e. The first-order chi connectivity index (χ1) is 7.16. The summed E-state index contributed by atoms with van der Waals surface area (Å²) in [5.74, 6) is -0.198. The summed E-state index contributed by atoms with van der Waals surface area (Å²) in [4.78, 5) is 24.0. The Bertz CT molecular complexity index is 400. The number of hydrogen-bond donors (Lipinski definition) is 2. The number of nitrogens with zero attached hydrogens (tertiary/aromatic N) is 1. The van der Waals surface area contributed by atoms with E-state index in [2.05, 4.69) is 5.32 Å². The van der Waals surface area contributed by atoms with E-state index in [4.69, 9.17) is 5.11 Å². The van der Waals surface area contributed by atoms with Crippen LogP contribution in [0.3, 0.4) is 0 Å². The van der Waals surface area contributed by atoms with Crippen LogP contribution in [-0.2, 0) is 9.59 Å². The van der Waals surface area contributed by atoms with Crippen molar-refractivity contribution in [1.82, 2.24) is 5.32 Å². The minimum atomic E-state index is -0.178. The third kappa shape index (κ3) is 1.90. The first-order valence-electron chi connectivity index (χ1n) is 4.53. The Balaban J connectivity index is 2.25. The van der Waals surface area contributed by atoms with Crippen LogP contribution in [-0.4, -0.2) is 30.0 Å². The molecule has 1 heterocycles. The molecule has 0 saturated carbocycles. The van der Waals surface area contributed by atoms with Gasteiger partial charge in [-0.3, -0.25) is 9.59 Å². The Hall–Kier alpha value is -2.04. The number of benzene rings is 1. The quantitative estimate of drug-likeness (QED) is 0.671. The van der Waals surface area contributed by atoms with Crippen LogP contribution < -0.4 is 10.2 Å². The summed E-state index contributed by atoms with van der Waals surface area (Å²) < 4.78 is 0. The molecule has 0 aliphatic carbocycles. The van der Waals surface area contributed by atoms with E-state index >= 15 is 0 Å². The average molecular weight is 206 g/mol. The number of amides is 2. The number of carbonyl (C=O) groups is 2. The highest BCUT2D eigenvalue weighted by atomic mass is 16.3. The number of aromatic hydroxyl groups is 1. The molecule has 1 aromatic rings. The van der Waals surface area contributed by atoms with E-state index < -0.39 is 0 Å². The Morgan fingerprint density at radius 2 is 1.87 bits per heavy atom. The molecule has 1 saturated heterocycles. The normalized spacial score (nSPS) is 16.4. The van der Waals surface area contributed by atoms with Crippen LogP contribution >= 0.6 is 0 Å². The summed E-state index contributed by atoms with van der Waals surface area (Å²) in [6.45, 7) is 0.0588. The lowest BCUT2D eigenvalue weighted by molar-refractivity contribution is -0.128. The monoisotopic (exact) mass is 206 g/mol. The molecule has 0 aromatic heterocycles. The minimum absolute atomic E-state index is 0.0275. The molecular weight excluding hydrogens is 196 g/mol. The Morgan fingerprint density at radius 3 is 2.53 bits per heavy atom. The van der Waals surface area contributed by atoms with Gasteiger partial charge in [0.1, 0.15) is 12.3 Å². The van der Waals surface area contributed by atoms with Crippen molar-refractivity contribution in [3.63, 3.8) is 0 Å². The van der Waals surface area contributed by atoms with Gasteiger partial charge in [0.05, 0.1) is 6.54 Å². The zero-order chi connectivity index (χ0) is 10.8. The molecule has 5 heteroatoms. The van der Waals surface area contributed by atoms with Gasteiger partial charge >= 0.3 is 0 Å². The molecule has 0 bridgehead atoms. The third-order valence-electron chi connectivity index (χ3n) is 2.20. The number of phenols is 1. The predicted octanol–water partition coefficient (Wildman–Crippen LogP) is -0.145. The summed E-state index contributed by atoms with van der Waals surface area (Å²) in [6, 6.07) is 6.17. The maximum Gasteiger partial charge on any atom is 0.246 e. The van der Waals surface area contributed by atoms with Gasteiger partial charge in [-0.2, -0.15) is 0 Å². The second kappa shape index (κ2) is 3.61. The topological polar surface area (TPSA) is 69.6 Å². The number of rotatable bonds is 1. The first kappa shape index (κ1) is 9.51. The maximum absolute atomic E-state index is 11.5. The van der Waals surface area contributed by atoms with Gasteiger partial charge in [0.25, 0.3) is 0 Å². The van der Waals surface area contributed by atoms with Crippen molar-refractivity contribution < 1.29 is 14.7 Å². The van der Waals surface area contributed by atoms with Crippen molar-refractivity contribution in [1.29, 1.82) is 0 Å².